The van der Waals surface area contributed by atoms with E-state index in [2.05, 4.69) is 5.32 Å². The summed E-state index contributed by atoms with van der Waals surface area (Å²) in [7, 11) is 0. The molecule has 3 atom stereocenters. The summed E-state index contributed by atoms with van der Waals surface area (Å²) in [5.41, 5.74) is 0.928. The highest BCUT2D eigenvalue weighted by molar-refractivity contribution is 5.87. The van der Waals surface area contributed by atoms with E-state index in [0.29, 0.717) is 12.8 Å². The number of carboxylic acid groups (broad SMARTS) is 1. The van der Waals surface area contributed by atoms with Crippen molar-refractivity contribution in [1.82, 2.24) is 5.32 Å². The summed E-state index contributed by atoms with van der Waals surface area (Å²) in [6, 6.07) is 5.30. The second kappa shape index (κ2) is 6.70. The monoisotopic (exact) mass is 293 g/mol. The number of carbonyl (C=O) groups is 2. The number of halogens is 1. The lowest BCUT2D eigenvalue weighted by Gasteiger charge is -2.14. The summed E-state index contributed by atoms with van der Waals surface area (Å²) in [4.78, 5) is 23.2. The average molecular weight is 293 g/mol. The molecule has 0 aromatic heterocycles. The lowest BCUT2D eigenvalue weighted by molar-refractivity contribution is -0.142. The van der Waals surface area contributed by atoms with E-state index >= 15 is 0 Å². The van der Waals surface area contributed by atoms with E-state index in [-0.39, 0.29) is 23.6 Å². The Balaban J connectivity index is 1.90. The van der Waals surface area contributed by atoms with Gasteiger partial charge < -0.3 is 10.4 Å². The third-order valence-electron chi connectivity index (χ3n) is 3.89. The van der Waals surface area contributed by atoms with Crippen LogP contribution in [0, 0.1) is 11.7 Å². The van der Waals surface area contributed by atoms with Gasteiger partial charge in [0.2, 0.25) is 5.91 Å². The van der Waals surface area contributed by atoms with Crippen molar-refractivity contribution in [3.05, 3.63) is 35.6 Å². The molecule has 0 spiro atoms. The van der Waals surface area contributed by atoms with Crippen LogP contribution in [0.2, 0.25) is 0 Å². The van der Waals surface area contributed by atoms with Crippen molar-refractivity contribution < 1.29 is 19.1 Å². The van der Waals surface area contributed by atoms with E-state index in [4.69, 9.17) is 5.11 Å². The van der Waals surface area contributed by atoms with Crippen molar-refractivity contribution in [2.24, 2.45) is 5.92 Å². The molecule has 2 rings (SSSR count). The molecule has 1 aromatic rings. The van der Waals surface area contributed by atoms with Gasteiger partial charge in [0, 0.05) is 5.92 Å². The van der Waals surface area contributed by atoms with Gasteiger partial charge in [0.05, 0.1) is 0 Å². The van der Waals surface area contributed by atoms with Gasteiger partial charge in [-0.05, 0) is 36.5 Å². The van der Waals surface area contributed by atoms with Crippen molar-refractivity contribution in [3.8, 4) is 0 Å². The quantitative estimate of drug-likeness (QED) is 0.812. The zero-order chi connectivity index (χ0) is 15.4. The zero-order valence-corrected chi connectivity index (χ0v) is 12.0. The molecule has 1 aromatic carbocycles. The van der Waals surface area contributed by atoms with E-state index in [1.807, 2.05) is 6.92 Å². The molecule has 21 heavy (non-hydrogen) atoms. The van der Waals surface area contributed by atoms with Crippen LogP contribution >= 0.6 is 0 Å². The molecule has 2 N–H and O–H groups in total. The topological polar surface area (TPSA) is 66.4 Å². The number of unbranched alkanes of at least 4 members (excludes halogenated alkanes) is 1. The summed E-state index contributed by atoms with van der Waals surface area (Å²) < 4.78 is 12.9. The first-order chi connectivity index (χ1) is 10.0. The molecule has 3 unspecified atom stereocenters. The van der Waals surface area contributed by atoms with Gasteiger partial charge in [0.15, 0.2) is 0 Å². The van der Waals surface area contributed by atoms with Gasteiger partial charge in [-0.15, -0.1) is 0 Å². The van der Waals surface area contributed by atoms with E-state index in [0.717, 1.165) is 18.4 Å². The number of amides is 1. The number of hydrogen-bond donors (Lipinski definition) is 2. The van der Waals surface area contributed by atoms with Crippen LogP contribution in [0.1, 0.15) is 44.1 Å². The van der Waals surface area contributed by atoms with Crippen LogP contribution in [0.3, 0.4) is 0 Å². The van der Waals surface area contributed by atoms with Crippen molar-refractivity contribution >= 4 is 11.9 Å². The van der Waals surface area contributed by atoms with Gasteiger partial charge in [0.25, 0.3) is 0 Å². The molecule has 114 valence electrons. The maximum atomic E-state index is 12.9. The maximum absolute atomic E-state index is 12.9. The smallest absolute Gasteiger partial charge is 0.326 e. The highest BCUT2D eigenvalue weighted by Crippen LogP contribution is 2.47. The first kappa shape index (κ1) is 15.5. The third-order valence-corrected chi connectivity index (χ3v) is 3.89. The van der Waals surface area contributed by atoms with Crippen LogP contribution in [0.5, 0.6) is 0 Å². The number of carbonyl (C=O) groups excluding carboxylic acids is 1. The van der Waals surface area contributed by atoms with Gasteiger partial charge in [-0.3, -0.25) is 4.79 Å². The fourth-order valence-electron chi connectivity index (χ4n) is 2.51. The van der Waals surface area contributed by atoms with Crippen LogP contribution in [-0.4, -0.2) is 23.0 Å². The minimum Gasteiger partial charge on any atom is -0.480 e. The second-order valence-corrected chi connectivity index (χ2v) is 5.54. The molecule has 1 fully saturated rings. The van der Waals surface area contributed by atoms with Crippen molar-refractivity contribution in [1.29, 1.82) is 0 Å². The molecular weight excluding hydrogens is 273 g/mol. The number of hydrogen-bond acceptors (Lipinski definition) is 2. The summed E-state index contributed by atoms with van der Waals surface area (Å²) in [6.07, 6.45) is 2.80. The van der Waals surface area contributed by atoms with Gasteiger partial charge in [-0.1, -0.05) is 31.9 Å². The van der Waals surface area contributed by atoms with Crippen molar-refractivity contribution in [3.63, 3.8) is 0 Å². The molecule has 1 amide bonds. The van der Waals surface area contributed by atoms with Gasteiger partial charge in [0.1, 0.15) is 11.9 Å². The largest absolute Gasteiger partial charge is 0.480 e. The number of rotatable bonds is 7. The minimum absolute atomic E-state index is 0.0752. The van der Waals surface area contributed by atoms with E-state index in [9.17, 15) is 14.0 Å². The van der Waals surface area contributed by atoms with Gasteiger partial charge in [-0.25, -0.2) is 9.18 Å². The first-order valence-corrected chi connectivity index (χ1v) is 7.31. The molecule has 0 radical (unpaired) electrons. The summed E-state index contributed by atoms with van der Waals surface area (Å²) in [5, 5.41) is 11.7. The fourth-order valence-corrected chi connectivity index (χ4v) is 2.51. The van der Waals surface area contributed by atoms with E-state index < -0.39 is 12.0 Å². The standard InChI is InChI=1S/C16H20FNO3/c1-2-3-4-14(16(20)21)18-15(19)13-9-12(13)10-5-7-11(17)8-6-10/h5-8,12-14H,2-4,9H2,1H3,(H,18,19)(H,20,21). The maximum Gasteiger partial charge on any atom is 0.326 e. The van der Waals surface area contributed by atoms with Crippen LogP contribution in [0.25, 0.3) is 0 Å². The number of nitrogens with one attached hydrogen (secondary N) is 1. The van der Waals surface area contributed by atoms with Gasteiger partial charge >= 0.3 is 5.97 Å². The van der Waals surface area contributed by atoms with Crippen LogP contribution in [-0.2, 0) is 9.59 Å². The Morgan fingerprint density at radius 2 is 2.05 bits per heavy atom. The Kier molecular flexibility index (Phi) is 4.94. The molecule has 5 heteroatoms. The van der Waals surface area contributed by atoms with Crippen molar-refractivity contribution in [2.45, 2.75) is 44.6 Å². The van der Waals surface area contributed by atoms with Crippen LogP contribution in [0.15, 0.2) is 24.3 Å². The number of aliphatic carboxylic acids is 1. The first-order valence-electron chi connectivity index (χ1n) is 7.31. The lowest BCUT2D eigenvalue weighted by atomic mass is 10.1. The van der Waals surface area contributed by atoms with Crippen LogP contribution in [0.4, 0.5) is 4.39 Å². The van der Waals surface area contributed by atoms with E-state index in [1.54, 1.807) is 12.1 Å². The van der Waals surface area contributed by atoms with Crippen LogP contribution < -0.4 is 5.32 Å². The fraction of sp³-hybridized carbons (Fsp3) is 0.500. The van der Waals surface area contributed by atoms with Gasteiger partial charge in [-0.2, -0.15) is 0 Å². The molecule has 1 saturated carbocycles. The molecular formula is C16H20FNO3. The predicted molar refractivity (Wildman–Crippen MR) is 76.3 cm³/mol. The molecule has 0 saturated heterocycles. The molecule has 0 heterocycles. The number of carboxylic acids is 1. The Morgan fingerprint density at radius 3 is 2.62 bits per heavy atom. The molecule has 0 bridgehead atoms. The Bertz CT molecular complexity index is 515. The normalized spacial score (nSPS) is 21.6. The summed E-state index contributed by atoms with van der Waals surface area (Å²) in [6.45, 7) is 1.98. The Hall–Kier alpha value is -1.91. The zero-order valence-electron chi connectivity index (χ0n) is 12.0. The van der Waals surface area contributed by atoms with E-state index in [1.165, 1.54) is 12.1 Å². The Morgan fingerprint density at radius 1 is 1.38 bits per heavy atom. The highest BCUT2D eigenvalue weighted by Gasteiger charge is 2.44. The number of benzene rings is 1. The lowest BCUT2D eigenvalue weighted by Crippen LogP contribution is -2.41. The average Bonchev–Trinajstić information content (AvgIpc) is 3.24. The molecule has 0 aliphatic heterocycles. The SMILES string of the molecule is CCCCC(NC(=O)C1CC1c1ccc(F)cc1)C(=O)O. The third kappa shape index (κ3) is 4.03. The molecule has 4 nitrogen and oxygen atoms in total. The predicted octanol–water partition coefficient (Wildman–Crippen LogP) is 2.69. The highest BCUT2D eigenvalue weighted by atomic mass is 19.1. The molecule has 1 aliphatic carbocycles. The summed E-state index contributed by atoms with van der Waals surface area (Å²) >= 11 is 0. The summed E-state index contributed by atoms with van der Waals surface area (Å²) in [5.74, 6) is -1.63. The minimum atomic E-state index is -0.990. The van der Waals surface area contributed by atoms with Crippen molar-refractivity contribution in [2.75, 3.05) is 0 Å². The molecule has 1 aliphatic rings. The Labute approximate surface area is 123 Å². The second-order valence-electron chi connectivity index (χ2n) is 5.54.